The van der Waals surface area contributed by atoms with Gasteiger partial charge in [-0.1, -0.05) is 54.1 Å². The van der Waals surface area contributed by atoms with Gasteiger partial charge in [0.25, 0.3) is 0 Å². The maximum atomic E-state index is 14.0. The second-order valence-corrected chi connectivity index (χ2v) is 11.8. The summed E-state index contributed by atoms with van der Waals surface area (Å²) in [6.45, 7) is 6.16. The fourth-order valence-electron chi connectivity index (χ4n) is 5.35. The number of rotatable bonds is 7. The lowest BCUT2D eigenvalue weighted by Crippen LogP contribution is -2.52. The molecule has 1 aromatic heterocycles. The van der Waals surface area contributed by atoms with Gasteiger partial charge in [-0.25, -0.2) is 13.1 Å². The number of amides is 1. The maximum Gasteiger partial charge on any atom is 0.244 e. The third kappa shape index (κ3) is 5.14. The highest BCUT2D eigenvalue weighted by Crippen LogP contribution is 2.32. The van der Waals surface area contributed by atoms with Crippen LogP contribution in [0.15, 0.2) is 84.0 Å². The third-order valence-corrected chi connectivity index (χ3v) is 9.26. The lowest BCUT2D eigenvalue weighted by atomic mass is 9.95. The quantitative estimate of drug-likeness (QED) is 0.388. The van der Waals surface area contributed by atoms with Crippen LogP contribution in [0.5, 0.6) is 0 Å². The average molecular weight is 529 g/mol. The molecule has 0 saturated heterocycles. The maximum absolute atomic E-state index is 14.0. The summed E-state index contributed by atoms with van der Waals surface area (Å²) in [6.07, 6.45) is 4.59. The predicted octanol–water partition coefficient (Wildman–Crippen LogP) is 4.27. The van der Waals surface area contributed by atoms with Crippen molar-refractivity contribution in [3.05, 3.63) is 113 Å². The van der Waals surface area contributed by atoms with E-state index in [2.05, 4.69) is 10.4 Å². The van der Waals surface area contributed by atoms with Crippen molar-refractivity contribution in [2.24, 2.45) is 0 Å². The van der Waals surface area contributed by atoms with E-state index in [1.165, 1.54) is 4.31 Å². The smallest absolute Gasteiger partial charge is 0.244 e. The molecule has 4 aromatic rings. The number of nitrogens with one attached hydrogen (secondary N) is 1. The summed E-state index contributed by atoms with van der Waals surface area (Å²) >= 11 is 0. The van der Waals surface area contributed by atoms with E-state index >= 15 is 0 Å². The molecule has 1 atom stereocenters. The lowest BCUT2D eigenvalue weighted by Gasteiger charge is -2.35. The zero-order valence-corrected chi connectivity index (χ0v) is 22.7. The van der Waals surface area contributed by atoms with E-state index in [1.54, 1.807) is 10.9 Å². The molecule has 1 amide bonds. The number of nitrogens with zero attached hydrogens (tertiary/aromatic N) is 3. The molecule has 0 spiro atoms. The summed E-state index contributed by atoms with van der Waals surface area (Å²) < 4.78 is 31.2. The zero-order valence-electron chi connectivity index (χ0n) is 21.9. The number of aromatic nitrogens is 2. The summed E-state index contributed by atoms with van der Waals surface area (Å²) in [5.74, 6) is -0.279. The number of aryl methyl sites for hydroxylation is 3. The molecule has 7 nitrogen and oxygen atoms in total. The monoisotopic (exact) mass is 528 g/mol. The van der Waals surface area contributed by atoms with Crippen LogP contribution in [0, 0.1) is 20.8 Å². The van der Waals surface area contributed by atoms with Crippen LogP contribution < -0.4 is 5.32 Å². The van der Waals surface area contributed by atoms with Crippen molar-refractivity contribution < 1.29 is 13.2 Å². The van der Waals surface area contributed by atoms with Gasteiger partial charge in [-0.2, -0.15) is 9.40 Å². The van der Waals surface area contributed by atoms with Crippen LogP contribution in [0.3, 0.4) is 0 Å². The van der Waals surface area contributed by atoms with Gasteiger partial charge >= 0.3 is 0 Å². The molecule has 1 unspecified atom stereocenters. The van der Waals surface area contributed by atoms with Gasteiger partial charge in [-0.3, -0.25) is 4.79 Å². The molecule has 0 bridgehead atoms. The summed E-state index contributed by atoms with van der Waals surface area (Å²) in [5, 5.41) is 7.24. The Bertz CT molecular complexity index is 1540. The van der Waals surface area contributed by atoms with E-state index in [1.807, 2.05) is 93.7 Å². The number of benzene rings is 3. The van der Waals surface area contributed by atoms with Gasteiger partial charge in [0, 0.05) is 25.5 Å². The van der Waals surface area contributed by atoms with Crippen LogP contribution in [-0.2, 0) is 34.2 Å². The highest BCUT2D eigenvalue weighted by molar-refractivity contribution is 7.89. The Hall–Kier alpha value is -3.75. The molecule has 196 valence electrons. The molecule has 1 aliphatic heterocycles. The first kappa shape index (κ1) is 25.9. The SMILES string of the molecule is Cc1cc(C)c(S(=O)(=O)N2Cc3ccccc3CC2C(=O)NCCc2ccc(-n3cccn3)cc2)c(C)c1. The molecule has 2 heterocycles. The van der Waals surface area contributed by atoms with Crippen molar-refractivity contribution in [3.8, 4) is 5.69 Å². The van der Waals surface area contributed by atoms with Crippen LogP contribution in [-0.4, -0.2) is 41.0 Å². The van der Waals surface area contributed by atoms with Crippen LogP contribution in [0.1, 0.15) is 33.4 Å². The molecule has 1 aliphatic rings. The number of hydrogen-bond donors (Lipinski definition) is 1. The number of carbonyl (C=O) groups excluding carboxylic acids is 1. The number of sulfonamides is 1. The second kappa shape index (κ2) is 10.6. The first-order valence-electron chi connectivity index (χ1n) is 12.8. The molecule has 3 aromatic carbocycles. The first-order chi connectivity index (χ1) is 18.2. The number of fused-ring (bicyclic) bond motifs is 1. The molecule has 1 N–H and O–H groups in total. The van der Waals surface area contributed by atoms with Crippen molar-refractivity contribution in [1.82, 2.24) is 19.4 Å². The largest absolute Gasteiger partial charge is 0.354 e. The van der Waals surface area contributed by atoms with E-state index in [-0.39, 0.29) is 17.3 Å². The number of carbonyl (C=O) groups is 1. The predicted molar refractivity (Wildman–Crippen MR) is 148 cm³/mol. The van der Waals surface area contributed by atoms with Crippen LogP contribution in [0.4, 0.5) is 0 Å². The highest BCUT2D eigenvalue weighted by Gasteiger charge is 2.40. The van der Waals surface area contributed by atoms with Gasteiger partial charge in [0.2, 0.25) is 15.9 Å². The van der Waals surface area contributed by atoms with E-state index in [9.17, 15) is 13.2 Å². The van der Waals surface area contributed by atoms with Crippen molar-refractivity contribution in [2.75, 3.05) is 6.54 Å². The molecule has 8 heteroatoms. The summed E-state index contributed by atoms with van der Waals surface area (Å²) in [6, 6.07) is 20.6. The van der Waals surface area contributed by atoms with Gasteiger partial charge in [0.1, 0.15) is 6.04 Å². The van der Waals surface area contributed by atoms with Gasteiger partial charge in [0.05, 0.1) is 10.6 Å². The van der Waals surface area contributed by atoms with Gasteiger partial charge < -0.3 is 5.32 Å². The Labute approximate surface area is 224 Å². The molecule has 0 aliphatic carbocycles. The van der Waals surface area contributed by atoms with E-state index in [0.717, 1.165) is 27.9 Å². The normalized spacial score (nSPS) is 15.7. The number of hydrogen-bond acceptors (Lipinski definition) is 4. The van der Waals surface area contributed by atoms with Crippen molar-refractivity contribution >= 4 is 15.9 Å². The Morgan fingerprint density at radius 3 is 2.32 bits per heavy atom. The summed E-state index contributed by atoms with van der Waals surface area (Å²) in [5.41, 5.74) is 6.37. The molecule has 0 radical (unpaired) electrons. The Morgan fingerprint density at radius 2 is 1.66 bits per heavy atom. The topological polar surface area (TPSA) is 84.3 Å². The molecular formula is C30H32N4O3S. The molecule has 38 heavy (non-hydrogen) atoms. The molecular weight excluding hydrogens is 496 g/mol. The zero-order chi connectivity index (χ0) is 26.9. The lowest BCUT2D eigenvalue weighted by molar-refractivity contribution is -0.125. The van der Waals surface area contributed by atoms with Crippen molar-refractivity contribution in [2.45, 2.75) is 51.1 Å². The second-order valence-electron chi connectivity index (χ2n) is 9.92. The Morgan fingerprint density at radius 1 is 0.974 bits per heavy atom. The Kier molecular flexibility index (Phi) is 7.19. The minimum absolute atomic E-state index is 0.165. The summed E-state index contributed by atoms with van der Waals surface area (Å²) in [4.78, 5) is 13.8. The third-order valence-electron chi connectivity index (χ3n) is 7.10. The average Bonchev–Trinajstić information content (AvgIpc) is 3.42. The van der Waals surface area contributed by atoms with Crippen LogP contribution >= 0.6 is 0 Å². The highest BCUT2D eigenvalue weighted by atomic mass is 32.2. The van der Waals surface area contributed by atoms with E-state index in [0.29, 0.717) is 30.5 Å². The van der Waals surface area contributed by atoms with Crippen LogP contribution in [0.2, 0.25) is 0 Å². The summed E-state index contributed by atoms with van der Waals surface area (Å²) in [7, 11) is -3.92. The van der Waals surface area contributed by atoms with Crippen molar-refractivity contribution in [1.29, 1.82) is 0 Å². The molecule has 5 rings (SSSR count). The fraction of sp³-hybridized carbons (Fsp3) is 0.267. The first-order valence-corrected chi connectivity index (χ1v) is 14.2. The van der Waals surface area contributed by atoms with Gasteiger partial charge in [0.15, 0.2) is 0 Å². The molecule has 0 saturated carbocycles. The van der Waals surface area contributed by atoms with Crippen molar-refractivity contribution in [3.63, 3.8) is 0 Å². The fourth-order valence-corrected chi connectivity index (χ4v) is 7.33. The minimum atomic E-state index is -3.92. The van der Waals surface area contributed by atoms with Crippen LogP contribution in [0.25, 0.3) is 5.69 Å². The van der Waals surface area contributed by atoms with E-state index < -0.39 is 16.1 Å². The minimum Gasteiger partial charge on any atom is -0.354 e. The molecule has 0 fully saturated rings. The van der Waals surface area contributed by atoms with Gasteiger partial charge in [-0.05, 0) is 79.6 Å². The Balaban J connectivity index is 1.35. The van der Waals surface area contributed by atoms with E-state index in [4.69, 9.17) is 0 Å². The van der Waals surface area contributed by atoms with Gasteiger partial charge in [-0.15, -0.1) is 0 Å². The standard InChI is InChI=1S/C30H32N4O3S/c1-21-17-22(2)29(23(3)18-21)38(36,37)34-20-26-8-5-4-7-25(26)19-28(34)30(35)31-15-13-24-9-11-27(12-10-24)33-16-6-14-32-33/h4-12,14,16-18,28H,13,15,19-20H2,1-3H3,(H,31,35).